The van der Waals surface area contributed by atoms with Crippen molar-refractivity contribution in [2.45, 2.75) is 32.4 Å². The fourth-order valence-electron chi connectivity index (χ4n) is 1.85. The summed E-state index contributed by atoms with van der Waals surface area (Å²) in [5.74, 6) is 5.96. The summed E-state index contributed by atoms with van der Waals surface area (Å²) < 4.78 is 2.12. The van der Waals surface area contributed by atoms with E-state index in [1.54, 1.807) is 0 Å². The van der Waals surface area contributed by atoms with Crippen molar-refractivity contribution in [2.75, 3.05) is 6.54 Å². The molecule has 1 aliphatic heterocycles. The van der Waals surface area contributed by atoms with E-state index in [1.165, 1.54) is 18.5 Å². The molecule has 3 heteroatoms. The number of rotatable bonds is 2. The van der Waals surface area contributed by atoms with Gasteiger partial charge in [0.05, 0.1) is 18.6 Å². The zero-order valence-corrected chi connectivity index (χ0v) is 8.45. The molecule has 1 atom stereocenters. The molecule has 0 amide bonds. The molecule has 14 heavy (non-hydrogen) atoms. The molecule has 1 aliphatic rings. The summed E-state index contributed by atoms with van der Waals surface area (Å²) in [5, 5.41) is 3.47. The second-order valence-corrected chi connectivity index (χ2v) is 3.52. The van der Waals surface area contributed by atoms with E-state index in [0.29, 0.717) is 6.04 Å². The van der Waals surface area contributed by atoms with Gasteiger partial charge in [0.2, 0.25) is 0 Å². The Bertz CT molecular complexity index is 350. The van der Waals surface area contributed by atoms with Gasteiger partial charge in [-0.25, -0.2) is 4.98 Å². The number of nitrogens with one attached hydrogen (secondary N) is 1. The number of nitrogens with zero attached hydrogens (tertiary/aromatic N) is 2. The average molecular weight is 189 g/mol. The van der Waals surface area contributed by atoms with Gasteiger partial charge in [-0.05, 0) is 26.3 Å². The third-order valence-electron chi connectivity index (χ3n) is 2.59. The lowest BCUT2D eigenvalue weighted by atomic mass is 10.2. The summed E-state index contributed by atoms with van der Waals surface area (Å²) in [6.07, 6.45) is 6.28. The second kappa shape index (κ2) is 4.30. The molecular formula is C11H15N3. The standard InChI is InChI=1S/C11H15N3/c1-2-3-7-14-9-12-8-11(14)10-5-4-6-13-10/h8-10,13H,4-7H2,1H3/t10-/m0/s1. The van der Waals surface area contributed by atoms with Crippen LogP contribution < -0.4 is 5.32 Å². The van der Waals surface area contributed by atoms with Crippen LogP contribution in [0.25, 0.3) is 0 Å². The quantitative estimate of drug-likeness (QED) is 0.711. The summed E-state index contributed by atoms with van der Waals surface area (Å²) in [6.45, 7) is 3.74. The summed E-state index contributed by atoms with van der Waals surface area (Å²) >= 11 is 0. The van der Waals surface area contributed by atoms with Crippen LogP contribution in [0.4, 0.5) is 0 Å². The molecule has 1 N–H and O–H groups in total. The minimum atomic E-state index is 0.483. The van der Waals surface area contributed by atoms with Gasteiger partial charge in [0.15, 0.2) is 0 Å². The highest BCUT2D eigenvalue weighted by Crippen LogP contribution is 2.22. The summed E-state index contributed by atoms with van der Waals surface area (Å²) in [5.41, 5.74) is 1.27. The van der Waals surface area contributed by atoms with Crippen LogP contribution >= 0.6 is 0 Å². The fraction of sp³-hybridized carbons (Fsp3) is 0.545. The Kier molecular flexibility index (Phi) is 2.85. The Balaban J connectivity index is 2.14. The lowest BCUT2D eigenvalue weighted by molar-refractivity contribution is 0.590. The molecule has 2 heterocycles. The maximum Gasteiger partial charge on any atom is 0.0957 e. The lowest BCUT2D eigenvalue weighted by Gasteiger charge is -2.11. The third-order valence-corrected chi connectivity index (χ3v) is 2.59. The molecule has 2 rings (SSSR count). The van der Waals surface area contributed by atoms with E-state index in [0.717, 1.165) is 13.1 Å². The van der Waals surface area contributed by atoms with Crippen molar-refractivity contribution in [3.63, 3.8) is 0 Å². The zero-order chi connectivity index (χ0) is 9.80. The van der Waals surface area contributed by atoms with E-state index in [2.05, 4.69) is 26.7 Å². The summed E-state index contributed by atoms with van der Waals surface area (Å²) in [7, 11) is 0. The normalized spacial score (nSPS) is 20.5. The summed E-state index contributed by atoms with van der Waals surface area (Å²) in [6, 6.07) is 0.483. The van der Waals surface area contributed by atoms with Gasteiger partial charge < -0.3 is 9.88 Å². The van der Waals surface area contributed by atoms with Crippen molar-refractivity contribution in [3.8, 4) is 11.8 Å². The van der Waals surface area contributed by atoms with E-state index in [-0.39, 0.29) is 0 Å². The number of hydrogen-bond donors (Lipinski definition) is 1. The van der Waals surface area contributed by atoms with Crippen molar-refractivity contribution in [3.05, 3.63) is 18.2 Å². The molecule has 1 saturated heterocycles. The van der Waals surface area contributed by atoms with Crippen LogP contribution in [0.2, 0.25) is 0 Å². The van der Waals surface area contributed by atoms with Crippen molar-refractivity contribution in [1.29, 1.82) is 0 Å². The SMILES string of the molecule is CC#CCn1cncc1[C@@H]1CCCN1. The molecular weight excluding hydrogens is 174 g/mol. The van der Waals surface area contributed by atoms with Crippen LogP contribution in [0.15, 0.2) is 12.5 Å². The van der Waals surface area contributed by atoms with E-state index in [4.69, 9.17) is 0 Å². The van der Waals surface area contributed by atoms with E-state index >= 15 is 0 Å². The lowest BCUT2D eigenvalue weighted by Crippen LogP contribution is -2.16. The maximum atomic E-state index is 4.17. The van der Waals surface area contributed by atoms with Gasteiger partial charge in [-0.2, -0.15) is 0 Å². The molecule has 0 spiro atoms. The Morgan fingerprint density at radius 2 is 2.64 bits per heavy atom. The van der Waals surface area contributed by atoms with Gasteiger partial charge in [0.25, 0.3) is 0 Å². The highest BCUT2D eigenvalue weighted by Gasteiger charge is 2.19. The predicted octanol–water partition coefficient (Wildman–Crippen LogP) is 1.33. The molecule has 0 unspecified atom stereocenters. The topological polar surface area (TPSA) is 29.9 Å². The van der Waals surface area contributed by atoms with Gasteiger partial charge in [0, 0.05) is 12.2 Å². The van der Waals surface area contributed by atoms with Crippen LogP contribution in [0.1, 0.15) is 31.5 Å². The summed E-state index contributed by atoms with van der Waals surface area (Å²) in [4.78, 5) is 4.17. The maximum absolute atomic E-state index is 4.17. The highest BCUT2D eigenvalue weighted by molar-refractivity contribution is 5.09. The van der Waals surface area contributed by atoms with Crippen molar-refractivity contribution in [2.24, 2.45) is 0 Å². The van der Waals surface area contributed by atoms with Crippen LogP contribution in [0, 0.1) is 11.8 Å². The first-order valence-corrected chi connectivity index (χ1v) is 5.05. The zero-order valence-electron chi connectivity index (χ0n) is 8.45. The molecule has 1 aromatic heterocycles. The first-order chi connectivity index (χ1) is 6.92. The van der Waals surface area contributed by atoms with Crippen LogP contribution in [-0.4, -0.2) is 16.1 Å². The Labute approximate surface area is 84.5 Å². The van der Waals surface area contributed by atoms with Crippen molar-refractivity contribution < 1.29 is 0 Å². The van der Waals surface area contributed by atoms with Crippen LogP contribution in [0.5, 0.6) is 0 Å². The van der Waals surface area contributed by atoms with Crippen molar-refractivity contribution in [1.82, 2.24) is 14.9 Å². The fourth-order valence-corrected chi connectivity index (χ4v) is 1.85. The first-order valence-electron chi connectivity index (χ1n) is 5.05. The largest absolute Gasteiger partial charge is 0.321 e. The minimum absolute atomic E-state index is 0.483. The molecule has 0 bridgehead atoms. The molecule has 3 nitrogen and oxygen atoms in total. The Hall–Kier alpha value is -1.27. The monoisotopic (exact) mass is 189 g/mol. The molecule has 1 fully saturated rings. The highest BCUT2D eigenvalue weighted by atomic mass is 15.1. The molecule has 0 radical (unpaired) electrons. The number of aromatic nitrogens is 2. The van der Waals surface area contributed by atoms with E-state index < -0.39 is 0 Å². The molecule has 74 valence electrons. The number of hydrogen-bond acceptors (Lipinski definition) is 2. The first kappa shape index (κ1) is 9.29. The molecule has 0 aromatic carbocycles. The predicted molar refractivity (Wildman–Crippen MR) is 55.7 cm³/mol. The third kappa shape index (κ3) is 1.80. The van der Waals surface area contributed by atoms with Gasteiger partial charge in [-0.15, -0.1) is 5.92 Å². The van der Waals surface area contributed by atoms with Crippen molar-refractivity contribution >= 4 is 0 Å². The second-order valence-electron chi connectivity index (χ2n) is 3.52. The van der Waals surface area contributed by atoms with Gasteiger partial charge in [-0.3, -0.25) is 0 Å². The van der Waals surface area contributed by atoms with Gasteiger partial charge in [0.1, 0.15) is 0 Å². The Morgan fingerprint density at radius 3 is 3.36 bits per heavy atom. The smallest absolute Gasteiger partial charge is 0.0957 e. The molecule has 0 saturated carbocycles. The van der Waals surface area contributed by atoms with Crippen LogP contribution in [0.3, 0.4) is 0 Å². The van der Waals surface area contributed by atoms with Gasteiger partial charge in [-0.1, -0.05) is 5.92 Å². The Morgan fingerprint density at radius 1 is 1.71 bits per heavy atom. The van der Waals surface area contributed by atoms with E-state index in [9.17, 15) is 0 Å². The molecule has 1 aromatic rings. The number of imidazole rings is 1. The van der Waals surface area contributed by atoms with Gasteiger partial charge >= 0.3 is 0 Å². The molecule has 0 aliphatic carbocycles. The average Bonchev–Trinajstić information content (AvgIpc) is 2.84. The minimum Gasteiger partial charge on any atom is -0.321 e. The van der Waals surface area contributed by atoms with Crippen LogP contribution in [-0.2, 0) is 6.54 Å². The van der Waals surface area contributed by atoms with E-state index in [1.807, 2.05) is 19.4 Å².